The van der Waals surface area contributed by atoms with Crippen molar-refractivity contribution in [1.82, 2.24) is 19.9 Å². The molecule has 39 heavy (non-hydrogen) atoms. The minimum absolute atomic E-state index is 0.421. The Kier molecular flexibility index (Phi) is 6.79. The Hall–Kier alpha value is -3.80. The largest absolute Gasteiger partial charge is 0.371 e. The summed E-state index contributed by atoms with van der Waals surface area (Å²) in [4.78, 5) is 23.5. The molecule has 0 spiro atoms. The highest BCUT2D eigenvalue weighted by molar-refractivity contribution is 5.81. The van der Waals surface area contributed by atoms with Gasteiger partial charge >= 0.3 is 0 Å². The molecule has 200 valence electrons. The van der Waals surface area contributed by atoms with Gasteiger partial charge in [0.15, 0.2) is 0 Å². The molecule has 2 aliphatic rings. The Morgan fingerprint density at radius 2 is 1.72 bits per heavy atom. The summed E-state index contributed by atoms with van der Waals surface area (Å²) in [7, 11) is 0. The van der Waals surface area contributed by atoms with Gasteiger partial charge in [-0.2, -0.15) is 0 Å². The third-order valence-corrected chi connectivity index (χ3v) is 8.56. The zero-order valence-corrected chi connectivity index (χ0v) is 23.6. The van der Waals surface area contributed by atoms with Crippen LogP contribution in [0, 0.1) is 12.3 Å². The first-order chi connectivity index (χ1) is 18.9. The molecule has 6 rings (SSSR count). The Labute approximate surface area is 232 Å². The van der Waals surface area contributed by atoms with Crippen LogP contribution in [0.15, 0.2) is 61.2 Å². The molecule has 2 aliphatic heterocycles. The number of pyridine rings is 2. The number of aryl methyl sites for hydroxylation is 1. The molecular formula is C33H38N6. The van der Waals surface area contributed by atoms with Crippen LogP contribution in [0.1, 0.15) is 56.0 Å². The van der Waals surface area contributed by atoms with Crippen molar-refractivity contribution in [3.05, 3.63) is 83.6 Å². The summed E-state index contributed by atoms with van der Waals surface area (Å²) >= 11 is 0. The molecule has 0 N–H and O–H groups in total. The lowest BCUT2D eigenvalue weighted by atomic mass is 9.82. The normalized spacial score (nSPS) is 16.7. The van der Waals surface area contributed by atoms with E-state index in [4.69, 9.17) is 9.97 Å². The van der Waals surface area contributed by atoms with Crippen molar-refractivity contribution in [1.29, 1.82) is 0 Å². The number of piperidine rings is 1. The number of nitrogens with zero attached hydrogens (tertiary/aromatic N) is 6. The molecule has 0 unspecified atom stereocenters. The zero-order chi connectivity index (χ0) is 27.0. The molecule has 0 atom stereocenters. The van der Waals surface area contributed by atoms with Gasteiger partial charge in [0.1, 0.15) is 0 Å². The summed E-state index contributed by atoms with van der Waals surface area (Å²) in [6, 6.07) is 12.9. The monoisotopic (exact) mass is 518 g/mol. The van der Waals surface area contributed by atoms with Crippen LogP contribution in [0.2, 0.25) is 0 Å². The fourth-order valence-electron chi connectivity index (χ4n) is 6.03. The molecular weight excluding hydrogens is 480 g/mol. The van der Waals surface area contributed by atoms with Crippen molar-refractivity contribution in [3.8, 4) is 22.4 Å². The van der Waals surface area contributed by atoms with Crippen molar-refractivity contribution in [2.45, 2.75) is 59.9 Å². The van der Waals surface area contributed by atoms with Gasteiger partial charge in [-0.25, -0.2) is 9.97 Å². The van der Waals surface area contributed by atoms with Crippen LogP contribution >= 0.6 is 0 Å². The topological polar surface area (TPSA) is 58.0 Å². The molecule has 0 amide bonds. The van der Waals surface area contributed by atoms with Gasteiger partial charge in [0.2, 0.25) is 5.95 Å². The highest BCUT2D eigenvalue weighted by Gasteiger charge is 2.29. The minimum atomic E-state index is 0.421. The lowest BCUT2D eigenvalue weighted by Crippen LogP contribution is -2.38. The van der Waals surface area contributed by atoms with Crippen LogP contribution < -0.4 is 9.80 Å². The van der Waals surface area contributed by atoms with Gasteiger partial charge < -0.3 is 9.80 Å². The molecule has 6 heteroatoms. The lowest BCUT2D eigenvalue weighted by Gasteiger charge is -2.40. The molecule has 3 aromatic heterocycles. The first-order valence-electron chi connectivity index (χ1n) is 14.3. The summed E-state index contributed by atoms with van der Waals surface area (Å²) in [5.41, 5.74) is 11.6. The molecule has 1 aromatic carbocycles. The van der Waals surface area contributed by atoms with E-state index in [1.54, 1.807) is 6.20 Å². The number of hydrogen-bond donors (Lipinski definition) is 0. The summed E-state index contributed by atoms with van der Waals surface area (Å²) in [6.45, 7) is 13.1. The van der Waals surface area contributed by atoms with Gasteiger partial charge in [-0.3, -0.25) is 9.97 Å². The lowest BCUT2D eigenvalue weighted by molar-refractivity contribution is 0.279. The molecule has 0 radical (unpaired) electrons. The number of rotatable bonds is 5. The second-order valence-electron chi connectivity index (χ2n) is 11.7. The Balaban J connectivity index is 1.29. The number of anilines is 2. The van der Waals surface area contributed by atoms with Gasteiger partial charge in [-0.1, -0.05) is 39.0 Å². The van der Waals surface area contributed by atoms with Gasteiger partial charge in [-0.05, 0) is 78.5 Å². The van der Waals surface area contributed by atoms with Crippen molar-refractivity contribution in [2.75, 3.05) is 29.4 Å². The third-order valence-electron chi connectivity index (χ3n) is 8.56. The van der Waals surface area contributed by atoms with Gasteiger partial charge in [0.25, 0.3) is 0 Å². The number of benzene rings is 1. The Bertz CT molecular complexity index is 1470. The van der Waals surface area contributed by atoms with Crippen LogP contribution in [0.4, 0.5) is 11.6 Å². The smallest absolute Gasteiger partial charge is 0.226 e. The molecule has 0 aliphatic carbocycles. The van der Waals surface area contributed by atoms with E-state index in [2.05, 4.69) is 71.9 Å². The van der Waals surface area contributed by atoms with E-state index >= 15 is 0 Å². The van der Waals surface area contributed by atoms with E-state index in [9.17, 15) is 0 Å². The highest BCUT2D eigenvalue weighted by Crippen LogP contribution is 2.40. The van der Waals surface area contributed by atoms with E-state index in [-0.39, 0.29) is 0 Å². The van der Waals surface area contributed by atoms with Crippen LogP contribution in [-0.2, 0) is 19.4 Å². The predicted molar refractivity (Wildman–Crippen MR) is 159 cm³/mol. The number of fused-ring (bicyclic) bond motifs is 1. The first kappa shape index (κ1) is 25.5. The van der Waals surface area contributed by atoms with Crippen molar-refractivity contribution in [2.24, 2.45) is 5.41 Å². The second-order valence-corrected chi connectivity index (χ2v) is 11.7. The Morgan fingerprint density at radius 3 is 2.49 bits per heavy atom. The van der Waals surface area contributed by atoms with E-state index in [0.717, 1.165) is 61.9 Å². The summed E-state index contributed by atoms with van der Waals surface area (Å²) < 4.78 is 0. The van der Waals surface area contributed by atoms with E-state index in [1.807, 2.05) is 30.6 Å². The summed E-state index contributed by atoms with van der Waals surface area (Å²) in [5.74, 6) is 0.775. The fraction of sp³-hybridized carbons (Fsp3) is 0.394. The predicted octanol–water partition coefficient (Wildman–Crippen LogP) is 6.66. The van der Waals surface area contributed by atoms with Crippen molar-refractivity contribution >= 4 is 11.6 Å². The van der Waals surface area contributed by atoms with E-state index in [1.165, 1.54) is 46.3 Å². The van der Waals surface area contributed by atoms with Crippen molar-refractivity contribution in [3.63, 3.8) is 0 Å². The molecule has 1 fully saturated rings. The number of hydrogen-bond acceptors (Lipinski definition) is 6. The van der Waals surface area contributed by atoms with Crippen LogP contribution in [0.5, 0.6) is 0 Å². The summed E-state index contributed by atoms with van der Waals surface area (Å²) in [5, 5.41) is 0. The molecule has 5 heterocycles. The maximum absolute atomic E-state index is 4.87. The highest BCUT2D eigenvalue weighted by atomic mass is 15.2. The zero-order valence-electron chi connectivity index (χ0n) is 23.6. The van der Waals surface area contributed by atoms with Crippen LogP contribution in [0.3, 0.4) is 0 Å². The molecule has 6 nitrogen and oxygen atoms in total. The average molecular weight is 519 g/mol. The standard InChI is InChI=1S/C33H38N6/c1-5-28-23(2)36-21-29(31(28)38-17-12-33(3,4)13-18-38)25-8-9-27-22-39(16-11-24(27)19-25)32-35-15-10-30(37-32)26-7-6-14-34-20-26/h6-10,14-15,19-21H,5,11-13,16-18,22H2,1-4H3. The molecule has 4 aromatic rings. The van der Waals surface area contributed by atoms with Gasteiger partial charge in [0, 0.05) is 67.8 Å². The van der Waals surface area contributed by atoms with E-state index < -0.39 is 0 Å². The number of aromatic nitrogens is 4. The molecule has 0 saturated carbocycles. The average Bonchev–Trinajstić information content (AvgIpc) is 2.97. The van der Waals surface area contributed by atoms with Gasteiger partial charge in [-0.15, -0.1) is 0 Å². The van der Waals surface area contributed by atoms with Crippen LogP contribution in [-0.4, -0.2) is 39.6 Å². The second kappa shape index (κ2) is 10.4. The Morgan fingerprint density at radius 1 is 0.872 bits per heavy atom. The first-order valence-corrected chi connectivity index (χ1v) is 14.3. The van der Waals surface area contributed by atoms with Gasteiger partial charge in [0.05, 0.1) is 11.4 Å². The maximum Gasteiger partial charge on any atom is 0.226 e. The summed E-state index contributed by atoms with van der Waals surface area (Å²) in [6.07, 6.45) is 12.0. The van der Waals surface area contributed by atoms with Crippen molar-refractivity contribution < 1.29 is 0 Å². The quantitative estimate of drug-likeness (QED) is 0.294. The maximum atomic E-state index is 4.87. The third kappa shape index (κ3) is 5.12. The fourth-order valence-corrected chi connectivity index (χ4v) is 6.03. The molecule has 1 saturated heterocycles. The minimum Gasteiger partial charge on any atom is -0.371 e. The molecule has 0 bridgehead atoms. The SMILES string of the molecule is CCc1c(C)ncc(-c2ccc3c(c2)CCN(c2nccc(-c4cccnc4)n2)C3)c1N1CCC(C)(C)CC1. The van der Waals surface area contributed by atoms with E-state index in [0.29, 0.717) is 5.41 Å². The van der Waals surface area contributed by atoms with Crippen LogP contribution in [0.25, 0.3) is 22.4 Å².